The molecule has 4 fully saturated rings. The average molecular weight is 541 g/mol. The Hall–Kier alpha value is -3.01. The van der Waals surface area contributed by atoms with E-state index in [-0.39, 0.29) is 18.0 Å². The lowest BCUT2D eigenvalue weighted by molar-refractivity contribution is -0.200. The Morgan fingerprint density at radius 3 is 1.95 bits per heavy atom. The molecule has 0 N–H and O–H groups in total. The summed E-state index contributed by atoms with van der Waals surface area (Å²) in [5.74, 6) is 4.20. The monoisotopic (exact) mass is 540 g/mol. The van der Waals surface area contributed by atoms with Gasteiger partial charge in [0.05, 0.1) is 0 Å². The van der Waals surface area contributed by atoms with Crippen LogP contribution in [0.4, 0.5) is 0 Å². The van der Waals surface area contributed by atoms with E-state index < -0.39 is 5.60 Å². The molecule has 4 heteroatoms. The standard InChI is InChI=1S/C36H44O4/c1-5-24(2)29-14-12-25(13-15-29)22-38-32-10-6-9-31-30(32)8-7-11-33(31)39-23-34(37)40-35(3,4)36-19-26-16-27(20-36)18-28(17-26)21-36/h6-15,24,26-28H,5,16-23H2,1-4H3. The van der Waals surface area contributed by atoms with Gasteiger partial charge < -0.3 is 14.2 Å². The summed E-state index contributed by atoms with van der Waals surface area (Å²) in [7, 11) is 0. The largest absolute Gasteiger partial charge is 0.488 e. The minimum absolute atomic E-state index is 0.0947. The highest BCUT2D eigenvalue weighted by atomic mass is 16.6. The van der Waals surface area contributed by atoms with Crippen molar-refractivity contribution >= 4 is 16.7 Å². The summed E-state index contributed by atoms with van der Waals surface area (Å²) in [6, 6.07) is 20.6. The molecule has 4 aliphatic carbocycles. The first-order chi connectivity index (χ1) is 19.2. The van der Waals surface area contributed by atoms with Gasteiger partial charge in [-0.25, -0.2) is 4.79 Å². The van der Waals surface area contributed by atoms with Crippen LogP contribution in [0.25, 0.3) is 10.8 Å². The lowest BCUT2D eigenvalue weighted by Gasteiger charge is -2.61. The van der Waals surface area contributed by atoms with Crippen molar-refractivity contribution in [3.63, 3.8) is 0 Å². The smallest absolute Gasteiger partial charge is 0.344 e. The van der Waals surface area contributed by atoms with Crippen molar-refractivity contribution in [3.05, 3.63) is 71.8 Å². The summed E-state index contributed by atoms with van der Waals surface area (Å²) in [6.45, 7) is 9.15. The molecule has 40 heavy (non-hydrogen) atoms. The lowest BCUT2D eigenvalue weighted by atomic mass is 9.46. The molecule has 0 spiro atoms. The molecule has 1 atom stereocenters. The third kappa shape index (κ3) is 5.22. The highest BCUT2D eigenvalue weighted by molar-refractivity contribution is 5.93. The fraction of sp³-hybridized carbons (Fsp3) is 0.528. The zero-order valence-electron chi connectivity index (χ0n) is 24.6. The summed E-state index contributed by atoms with van der Waals surface area (Å²) in [4.78, 5) is 13.1. The van der Waals surface area contributed by atoms with Gasteiger partial charge in [0.2, 0.25) is 0 Å². The van der Waals surface area contributed by atoms with Crippen LogP contribution in [0.2, 0.25) is 0 Å². The molecule has 0 aromatic heterocycles. The van der Waals surface area contributed by atoms with Gasteiger partial charge in [-0.2, -0.15) is 0 Å². The molecule has 0 saturated heterocycles. The number of benzene rings is 3. The zero-order chi connectivity index (χ0) is 27.9. The number of hydrogen-bond donors (Lipinski definition) is 0. The molecule has 0 amide bonds. The number of carbonyl (C=O) groups excluding carboxylic acids is 1. The number of esters is 1. The van der Waals surface area contributed by atoms with E-state index >= 15 is 0 Å². The normalized spacial score (nSPS) is 26.1. The van der Waals surface area contributed by atoms with E-state index in [1.807, 2.05) is 36.4 Å². The summed E-state index contributed by atoms with van der Waals surface area (Å²) in [5.41, 5.74) is 2.15. The quantitative estimate of drug-likeness (QED) is 0.241. The first-order valence-corrected chi connectivity index (χ1v) is 15.3. The second-order valence-electron chi connectivity index (χ2n) is 13.4. The second-order valence-corrected chi connectivity index (χ2v) is 13.4. The number of hydrogen-bond acceptors (Lipinski definition) is 4. The molecular weight excluding hydrogens is 496 g/mol. The Morgan fingerprint density at radius 2 is 1.40 bits per heavy atom. The van der Waals surface area contributed by atoms with Gasteiger partial charge in [-0.15, -0.1) is 0 Å². The van der Waals surface area contributed by atoms with Gasteiger partial charge in [0, 0.05) is 16.2 Å². The van der Waals surface area contributed by atoms with E-state index in [0.29, 0.717) is 18.3 Å². The Balaban J connectivity index is 1.10. The zero-order valence-corrected chi connectivity index (χ0v) is 24.6. The number of rotatable bonds is 10. The van der Waals surface area contributed by atoms with Gasteiger partial charge in [0.25, 0.3) is 0 Å². The second kappa shape index (κ2) is 10.8. The van der Waals surface area contributed by atoms with Gasteiger partial charge in [0.1, 0.15) is 23.7 Å². The van der Waals surface area contributed by atoms with E-state index in [4.69, 9.17) is 14.2 Å². The van der Waals surface area contributed by atoms with E-state index in [2.05, 4.69) is 52.0 Å². The molecule has 212 valence electrons. The van der Waals surface area contributed by atoms with Gasteiger partial charge in [-0.05, 0) is 106 Å². The Morgan fingerprint density at radius 1 is 0.850 bits per heavy atom. The van der Waals surface area contributed by atoms with E-state index in [9.17, 15) is 4.79 Å². The third-order valence-corrected chi connectivity index (χ3v) is 10.4. The van der Waals surface area contributed by atoms with Crippen molar-refractivity contribution in [1.29, 1.82) is 0 Å². The number of carbonyl (C=O) groups is 1. The lowest BCUT2D eigenvalue weighted by Crippen LogP contribution is -2.57. The van der Waals surface area contributed by atoms with Crippen molar-refractivity contribution < 1.29 is 19.0 Å². The maximum atomic E-state index is 13.1. The molecule has 4 aliphatic rings. The highest BCUT2D eigenvalue weighted by Gasteiger charge is 2.58. The molecule has 3 aromatic carbocycles. The Bertz CT molecular complexity index is 1320. The predicted octanol–water partition coefficient (Wildman–Crippen LogP) is 8.85. The summed E-state index contributed by atoms with van der Waals surface area (Å²) in [6.07, 6.45) is 8.88. The number of fused-ring (bicyclic) bond motifs is 1. The minimum Gasteiger partial charge on any atom is -0.488 e. The van der Waals surface area contributed by atoms with Crippen LogP contribution < -0.4 is 9.47 Å². The van der Waals surface area contributed by atoms with Crippen molar-refractivity contribution in [3.8, 4) is 11.5 Å². The van der Waals surface area contributed by atoms with E-state index in [1.165, 1.54) is 44.1 Å². The fourth-order valence-corrected chi connectivity index (χ4v) is 8.25. The third-order valence-electron chi connectivity index (χ3n) is 10.4. The summed E-state index contributed by atoms with van der Waals surface area (Å²) < 4.78 is 18.5. The SMILES string of the molecule is CCC(C)c1ccc(COc2cccc3c(OCC(=O)OC(C)(C)C45CC6CC(CC(C6)C4)C5)cccc23)cc1. The molecule has 1 unspecified atom stereocenters. The molecule has 4 bridgehead atoms. The van der Waals surface area contributed by atoms with Crippen molar-refractivity contribution in [1.82, 2.24) is 0 Å². The Labute approximate surface area is 239 Å². The highest BCUT2D eigenvalue weighted by Crippen LogP contribution is 2.64. The molecule has 4 nitrogen and oxygen atoms in total. The fourth-order valence-electron chi connectivity index (χ4n) is 8.25. The maximum absolute atomic E-state index is 13.1. The van der Waals surface area contributed by atoms with E-state index in [1.54, 1.807) is 0 Å². The van der Waals surface area contributed by atoms with Crippen LogP contribution >= 0.6 is 0 Å². The Kier molecular flexibility index (Phi) is 7.31. The van der Waals surface area contributed by atoms with Crippen LogP contribution in [0.15, 0.2) is 60.7 Å². The summed E-state index contributed by atoms with van der Waals surface area (Å²) >= 11 is 0. The van der Waals surface area contributed by atoms with Crippen molar-refractivity contribution in [2.24, 2.45) is 23.2 Å². The molecule has 0 radical (unpaired) electrons. The van der Waals surface area contributed by atoms with Crippen LogP contribution in [-0.2, 0) is 16.1 Å². The molecule has 0 heterocycles. The van der Waals surface area contributed by atoms with Crippen LogP contribution in [0, 0.1) is 23.2 Å². The van der Waals surface area contributed by atoms with Crippen LogP contribution in [-0.4, -0.2) is 18.2 Å². The molecule has 3 aromatic rings. The first-order valence-electron chi connectivity index (χ1n) is 15.3. The van der Waals surface area contributed by atoms with Gasteiger partial charge in [-0.1, -0.05) is 62.4 Å². The van der Waals surface area contributed by atoms with Crippen LogP contribution in [0.1, 0.15) is 89.7 Å². The van der Waals surface area contributed by atoms with Gasteiger partial charge in [0.15, 0.2) is 6.61 Å². The molecular formula is C36H44O4. The average Bonchev–Trinajstić information content (AvgIpc) is 2.93. The maximum Gasteiger partial charge on any atom is 0.344 e. The minimum atomic E-state index is -0.476. The van der Waals surface area contributed by atoms with Crippen LogP contribution in [0.3, 0.4) is 0 Å². The van der Waals surface area contributed by atoms with Crippen molar-refractivity contribution in [2.45, 2.75) is 90.8 Å². The number of ether oxygens (including phenoxy) is 3. The van der Waals surface area contributed by atoms with Crippen LogP contribution in [0.5, 0.6) is 11.5 Å². The first kappa shape index (κ1) is 27.2. The van der Waals surface area contributed by atoms with E-state index in [0.717, 1.165) is 46.3 Å². The topological polar surface area (TPSA) is 44.8 Å². The summed E-state index contributed by atoms with van der Waals surface area (Å²) in [5, 5.41) is 1.90. The molecule has 4 saturated carbocycles. The van der Waals surface area contributed by atoms with Gasteiger partial charge in [-0.3, -0.25) is 0 Å². The van der Waals surface area contributed by atoms with Crippen molar-refractivity contribution in [2.75, 3.05) is 6.61 Å². The predicted molar refractivity (Wildman–Crippen MR) is 160 cm³/mol. The van der Waals surface area contributed by atoms with Gasteiger partial charge >= 0.3 is 5.97 Å². The molecule has 0 aliphatic heterocycles. The molecule has 7 rings (SSSR count).